The minimum Gasteiger partial charge on any atom is -0.378 e. The van der Waals surface area contributed by atoms with E-state index >= 15 is 0 Å². The van der Waals surface area contributed by atoms with Crippen LogP contribution in [0.25, 0.3) is 10.9 Å². The van der Waals surface area contributed by atoms with Crippen molar-refractivity contribution in [3.8, 4) is 0 Å². The number of fused-ring (bicyclic) bond motifs is 1. The summed E-state index contributed by atoms with van der Waals surface area (Å²) in [7, 11) is 0. The van der Waals surface area contributed by atoms with Crippen molar-refractivity contribution in [2.24, 2.45) is 0 Å². The summed E-state index contributed by atoms with van der Waals surface area (Å²) in [6, 6.07) is 15.2. The van der Waals surface area contributed by atoms with E-state index in [2.05, 4.69) is 60.5 Å². The molecule has 2 aromatic heterocycles. The Morgan fingerprint density at radius 1 is 1.20 bits per heavy atom. The molecule has 0 aliphatic heterocycles. The van der Waals surface area contributed by atoms with Gasteiger partial charge in [-0.25, -0.2) is 0 Å². The second-order valence-corrected chi connectivity index (χ2v) is 6.13. The fraction of sp³-hybridized carbons (Fsp3) is 0.235. The van der Waals surface area contributed by atoms with Crippen LogP contribution in [0.4, 0.5) is 5.69 Å². The highest BCUT2D eigenvalue weighted by Crippen LogP contribution is 2.27. The van der Waals surface area contributed by atoms with Gasteiger partial charge in [0.2, 0.25) is 0 Å². The highest BCUT2D eigenvalue weighted by Gasteiger charge is 2.08. The molecule has 1 N–H and O–H groups in total. The molecule has 3 rings (SSSR count). The molecule has 2 nitrogen and oxygen atoms in total. The van der Waals surface area contributed by atoms with E-state index in [-0.39, 0.29) is 0 Å². The summed E-state index contributed by atoms with van der Waals surface area (Å²) in [6.45, 7) is 4.41. The summed E-state index contributed by atoms with van der Waals surface area (Å²) < 4.78 is 0. The van der Waals surface area contributed by atoms with Gasteiger partial charge in [0.1, 0.15) is 0 Å². The van der Waals surface area contributed by atoms with Gasteiger partial charge in [-0.15, -0.1) is 11.3 Å². The highest BCUT2D eigenvalue weighted by molar-refractivity contribution is 7.12. The van der Waals surface area contributed by atoms with E-state index in [1.54, 1.807) is 0 Å². The van der Waals surface area contributed by atoms with Gasteiger partial charge in [-0.1, -0.05) is 13.0 Å². The van der Waals surface area contributed by atoms with Crippen LogP contribution in [0.5, 0.6) is 0 Å². The number of aryl methyl sites for hydroxylation is 1. The average molecular weight is 282 g/mol. The molecule has 1 atom stereocenters. The molecule has 3 aromatic rings. The van der Waals surface area contributed by atoms with E-state index in [0.29, 0.717) is 6.04 Å². The fourth-order valence-electron chi connectivity index (χ4n) is 2.30. The SMILES string of the molecule is CCc1ccc(C(C)Nc2ccc3ncccc3c2)s1. The number of nitrogens with one attached hydrogen (secondary N) is 1. The Balaban J connectivity index is 1.81. The maximum absolute atomic E-state index is 4.35. The van der Waals surface area contributed by atoms with Gasteiger partial charge in [0.05, 0.1) is 11.6 Å². The molecule has 0 saturated heterocycles. The summed E-state index contributed by atoms with van der Waals surface area (Å²) in [6.07, 6.45) is 2.94. The molecular weight excluding hydrogens is 264 g/mol. The lowest BCUT2D eigenvalue weighted by Crippen LogP contribution is -2.04. The largest absolute Gasteiger partial charge is 0.378 e. The molecule has 1 aromatic carbocycles. The zero-order valence-corrected chi connectivity index (χ0v) is 12.6. The molecule has 0 amide bonds. The highest BCUT2D eigenvalue weighted by atomic mass is 32.1. The molecule has 0 radical (unpaired) electrons. The molecule has 2 heterocycles. The Kier molecular flexibility index (Phi) is 3.70. The number of rotatable bonds is 4. The van der Waals surface area contributed by atoms with Gasteiger partial charge in [-0.3, -0.25) is 4.98 Å². The number of hydrogen-bond acceptors (Lipinski definition) is 3. The maximum atomic E-state index is 4.35. The summed E-state index contributed by atoms with van der Waals surface area (Å²) in [4.78, 5) is 7.17. The van der Waals surface area contributed by atoms with Gasteiger partial charge in [-0.05, 0) is 49.7 Å². The summed E-state index contributed by atoms with van der Waals surface area (Å²) in [5, 5.41) is 4.74. The number of benzene rings is 1. The normalized spacial score (nSPS) is 12.5. The van der Waals surface area contributed by atoms with Crippen molar-refractivity contribution < 1.29 is 0 Å². The van der Waals surface area contributed by atoms with Crippen molar-refractivity contribution in [2.45, 2.75) is 26.3 Å². The third-order valence-corrected chi connectivity index (χ3v) is 4.86. The number of hydrogen-bond donors (Lipinski definition) is 1. The first-order chi connectivity index (χ1) is 9.76. The van der Waals surface area contributed by atoms with Crippen LogP contribution in [0.2, 0.25) is 0 Å². The van der Waals surface area contributed by atoms with Crippen LogP contribution < -0.4 is 5.32 Å². The van der Waals surface area contributed by atoms with E-state index in [9.17, 15) is 0 Å². The first-order valence-corrected chi connectivity index (χ1v) is 7.78. The fourth-order valence-corrected chi connectivity index (χ4v) is 3.26. The Bertz CT molecular complexity index is 718. The van der Waals surface area contributed by atoms with Crippen LogP contribution in [0.1, 0.15) is 29.6 Å². The lowest BCUT2D eigenvalue weighted by Gasteiger charge is -2.14. The van der Waals surface area contributed by atoms with E-state index in [1.165, 1.54) is 15.1 Å². The van der Waals surface area contributed by atoms with Crippen LogP contribution in [0, 0.1) is 0 Å². The van der Waals surface area contributed by atoms with Crippen LogP contribution in [0.15, 0.2) is 48.7 Å². The topological polar surface area (TPSA) is 24.9 Å². The molecule has 0 aliphatic rings. The van der Waals surface area contributed by atoms with E-state index in [1.807, 2.05) is 23.6 Å². The standard InChI is InChI=1S/C17H18N2S/c1-3-15-7-9-17(20-15)12(2)19-14-6-8-16-13(11-14)5-4-10-18-16/h4-12,19H,3H2,1-2H3. The molecule has 20 heavy (non-hydrogen) atoms. The van der Waals surface area contributed by atoms with Crippen molar-refractivity contribution in [3.63, 3.8) is 0 Å². The average Bonchev–Trinajstić information content (AvgIpc) is 2.96. The van der Waals surface area contributed by atoms with Gasteiger partial charge >= 0.3 is 0 Å². The second kappa shape index (κ2) is 5.63. The van der Waals surface area contributed by atoms with Crippen LogP contribution >= 0.6 is 11.3 Å². The molecule has 1 unspecified atom stereocenters. The minimum atomic E-state index is 0.328. The quantitative estimate of drug-likeness (QED) is 0.725. The van der Waals surface area contributed by atoms with Gasteiger partial charge < -0.3 is 5.32 Å². The molecule has 0 spiro atoms. The molecule has 0 saturated carbocycles. The lowest BCUT2D eigenvalue weighted by atomic mass is 10.2. The number of anilines is 1. The van der Waals surface area contributed by atoms with Crippen molar-refractivity contribution >= 4 is 27.9 Å². The minimum absolute atomic E-state index is 0.328. The first kappa shape index (κ1) is 13.1. The Morgan fingerprint density at radius 3 is 2.90 bits per heavy atom. The van der Waals surface area contributed by atoms with Gasteiger partial charge in [0.25, 0.3) is 0 Å². The van der Waals surface area contributed by atoms with Crippen molar-refractivity contribution in [1.29, 1.82) is 0 Å². The molecule has 102 valence electrons. The van der Waals surface area contributed by atoms with Gasteiger partial charge in [-0.2, -0.15) is 0 Å². The number of pyridine rings is 1. The monoisotopic (exact) mass is 282 g/mol. The molecule has 0 fully saturated rings. The van der Waals surface area contributed by atoms with E-state index in [4.69, 9.17) is 0 Å². The summed E-state index contributed by atoms with van der Waals surface area (Å²) in [5.41, 5.74) is 2.18. The lowest BCUT2D eigenvalue weighted by molar-refractivity contribution is 0.908. The smallest absolute Gasteiger partial charge is 0.0703 e. The van der Waals surface area contributed by atoms with Gasteiger partial charge in [0, 0.05) is 27.0 Å². The zero-order valence-electron chi connectivity index (χ0n) is 11.8. The number of aromatic nitrogens is 1. The van der Waals surface area contributed by atoms with Gasteiger partial charge in [0.15, 0.2) is 0 Å². The predicted molar refractivity (Wildman–Crippen MR) is 87.5 cm³/mol. The summed E-state index contributed by atoms with van der Waals surface area (Å²) in [5.74, 6) is 0. The number of nitrogens with zero attached hydrogens (tertiary/aromatic N) is 1. The molecule has 0 aliphatic carbocycles. The first-order valence-electron chi connectivity index (χ1n) is 6.96. The van der Waals surface area contributed by atoms with Crippen LogP contribution in [0.3, 0.4) is 0 Å². The third-order valence-electron chi connectivity index (χ3n) is 3.44. The van der Waals surface area contributed by atoms with E-state index < -0.39 is 0 Å². The van der Waals surface area contributed by atoms with Crippen molar-refractivity contribution in [2.75, 3.05) is 5.32 Å². The second-order valence-electron chi connectivity index (χ2n) is 4.93. The molecular formula is C17H18N2S. The maximum Gasteiger partial charge on any atom is 0.0703 e. The van der Waals surface area contributed by atoms with Crippen LogP contribution in [-0.4, -0.2) is 4.98 Å². The molecule has 3 heteroatoms. The van der Waals surface area contributed by atoms with E-state index in [0.717, 1.165) is 17.6 Å². The van der Waals surface area contributed by atoms with Crippen LogP contribution in [-0.2, 0) is 6.42 Å². The third kappa shape index (κ3) is 2.68. The molecule has 0 bridgehead atoms. The Hall–Kier alpha value is -1.87. The zero-order chi connectivity index (χ0) is 13.9. The Morgan fingerprint density at radius 2 is 2.10 bits per heavy atom. The Labute approximate surface area is 123 Å². The number of thiophene rings is 1. The summed E-state index contributed by atoms with van der Waals surface area (Å²) >= 11 is 1.89. The van der Waals surface area contributed by atoms with Crippen molar-refractivity contribution in [3.05, 3.63) is 58.4 Å². The van der Waals surface area contributed by atoms with Crippen molar-refractivity contribution in [1.82, 2.24) is 4.98 Å². The predicted octanol–water partition coefficient (Wildman–Crippen LogP) is 5.03.